The van der Waals surface area contributed by atoms with Gasteiger partial charge in [-0.25, -0.2) is 0 Å². The van der Waals surface area contributed by atoms with Crippen LogP contribution in [-0.4, -0.2) is 37.4 Å². The number of nitrogens with zero attached hydrogens (tertiary/aromatic N) is 2. The number of benzene rings is 2. The van der Waals surface area contributed by atoms with Crippen LogP contribution >= 0.6 is 34.8 Å². The maximum Gasteiger partial charge on any atom is 0.104 e. The summed E-state index contributed by atoms with van der Waals surface area (Å²) in [6.45, 7) is 4.87. The summed E-state index contributed by atoms with van der Waals surface area (Å²) >= 11 is 18.3. The van der Waals surface area contributed by atoms with Crippen molar-refractivity contribution in [3.05, 3.63) is 68.7 Å². The monoisotopic (exact) mass is 382 g/mol. The molecule has 0 bridgehead atoms. The summed E-state index contributed by atoms with van der Waals surface area (Å²) in [5.41, 5.74) is 2.09. The fourth-order valence-electron chi connectivity index (χ4n) is 2.76. The summed E-state index contributed by atoms with van der Waals surface area (Å²) in [5, 5.41) is 8.73. The summed E-state index contributed by atoms with van der Waals surface area (Å²) in [6.07, 6.45) is 1.80. The third-order valence-electron chi connectivity index (χ3n) is 4.17. The molecule has 1 fully saturated rings. The molecule has 0 spiro atoms. The standard InChI is InChI=1S/C18H18Cl3N3/c19-16-6-5-14(18(21)11-16)12-22-24-9-7-23(8-10-24)13-15-3-1-2-4-17(15)20/h1-6,11-12H,7-10,13H2/p+1/b22-12-. The summed E-state index contributed by atoms with van der Waals surface area (Å²) in [4.78, 5) is 1.53. The van der Waals surface area contributed by atoms with E-state index in [9.17, 15) is 0 Å². The smallest absolute Gasteiger partial charge is 0.104 e. The van der Waals surface area contributed by atoms with Crippen LogP contribution in [0.3, 0.4) is 0 Å². The highest BCUT2D eigenvalue weighted by atomic mass is 35.5. The highest BCUT2D eigenvalue weighted by Crippen LogP contribution is 2.19. The Kier molecular flexibility index (Phi) is 6.01. The minimum atomic E-state index is 0.620. The first-order chi connectivity index (χ1) is 11.6. The average Bonchev–Trinajstić information content (AvgIpc) is 2.57. The zero-order valence-electron chi connectivity index (χ0n) is 13.2. The number of hydrogen-bond acceptors (Lipinski definition) is 2. The fraction of sp³-hybridized carbons (Fsp3) is 0.278. The molecule has 6 heteroatoms. The molecule has 2 aromatic carbocycles. The Labute approximate surface area is 157 Å². The second kappa shape index (κ2) is 8.21. The van der Waals surface area contributed by atoms with E-state index in [1.165, 1.54) is 10.5 Å². The Balaban J connectivity index is 1.53. The first kappa shape index (κ1) is 17.6. The molecule has 0 amide bonds. The molecule has 1 N–H and O–H groups in total. The van der Waals surface area contributed by atoms with E-state index in [0.717, 1.165) is 43.3 Å². The van der Waals surface area contributed by atoms with Gasteiger partial charge in [0.15, 0.2) is 0 Å². The van der Waals surface area contributed by atoms with Gasteiger partial charge >= 0.3 is 0 Å². The SMILES string of the molecule is Clc1ccc(/C=N\N2CC[NH+](Cc3ccccc3Cl)CC2)c(Cl)c1. The molecule has 0 aliphatic carbocycles. The molecule has 3 rings (SSSR count). The molecule has 1 aliphatic rings. The van der Waals surface area contributed by atoms with Gasteiger partial charge in [-0.2, -0.15) is 5.10 Å². The van der Waals surface area contributed by atoms with E-state index in [4.69, 9.17) is 34.8 Å². The predicted molar refractivity (Wildman–Crippen MR) is 101 cm³/mol. The summed E-state index contributed by atoms with van der Waals surface area (Å²) in [6, 6.07) is 13.5. The molecule has 126 valence electrons. The second-order valence-electron chi connectivity index (χ2n) is 5.88. The molecule has 1 saturated heterocycles. The van der Waals surface area contributed by atoms with Crippen molar-refractivity contribution >= 4 is 41.0 Å². The topological polar surface area (TPSA) is 20.0 Å². The van der Waals surface area contributed by atoms with Gasteiger partial charge in [-0.3, -0.25) is 5.01 Å². The highest BCUT2D eigenvalue weighted by molar-refractivity contribution is 6.36. The number of halogens is 3. The van der Waals surface area contributed by atoms with Crippen LogP contribution in [0.25, 0.3) is 0 Å². The van der Waals surface area contributed by atoms with Crippen LogP contribution in [0.4, 0.5) is 0 Å². The van der Waals surface area contributed by atoms with E-state index >= 15 is 0 Å². The Morgan fingerprint density at radius 2 is 1.75 bits per heavy atom. The van der Waals surface area contributed by atoms with Crippen LogP contribution < -0.4 is 4.90 Å². The maximum atomic E-state index is 6.25. The average molecular weight is 384 g/mol. The fourth-order valence-corrected chi connectivity index (χ4v) is 3.42. The Morgan fingerprint density at radius 1 is 1.00 bits per heavy atom. The molecule has 0 aromatic heterocycles. The van der Waals surface area contributed by atoms with Crippen molar-refractivity contribution in [2.75, 3.05) is 26.2 Å². The molecular formula is C18H19Cl3N3+. The zero-order valence-corrected chi connectivity index (χ0v) is 15.5. The van der Waals surface area contributed by atoms with Gasteiger partial charge in [-0.1, -0.05) is 59.1 Å². The van der Waals surface area contributed by atoms with E-state index in [2.05, 4.69) is 16.2 Å². The van der Waals surface area contributed by atoms with Gasteiger partial charge in [0, 0.05) is 21.2 Å². The van der Waals surface area contributed by atoms with Crippen molar-refractivity contribution in [3.63, 3.8) is 0 Å². The van der Waals surface area contributed by atoms with Crippen molar-refractivity contribution in [2.24, 2.45) is 5.10 Å². The molecule has 2 aromatic rings. The van der Waals surface area contributed by atoms with Crippen molar-refractivity contribution in [3.8, 4) is 0 Å². The van der Waals surface area contributed by atoms with Crippen LogP contribution in [-0.2, 0) is 6.54 Å². The minimum Gasteiger partial charge on any atom is -0.328 e. The maximum absolute atomic E-state index is 6.25. The number of rotatable bonds is 4. The predicted octanol–water partition coefficient (Wildman–Crippen LogP) is 3.38. The lowest BCUT2D eigenvalue weighted by Crippen LogP contribution is -3.13. The Bertz CT molecular complexity index is 725. The number of piperazine rings is 1. The van der Waals surface area contributed by atoms with Crippen LogP contribution in [0.1, 0.15) is 11.1 Å². The molecule has 0 atom stereocenters. The van der Waals surface area contributed by atoms with Gasteiger partial charge < -0.3 is 4.90 Å². The molecular weight excluding hydrogens is 365 g/mol. The minimum absolute atomic E-state index is 0.620. The molecule has 0 unspecified atom stereocenters. The van der Waals surface area contributed by atoms with E-state index in [-0.39, 0.29) is 0 Å². The van der Waals surface area contributed by atoms with Gasteiger partial charge in [0.05, 0.1) is 37.4 Å². The van der Waals surface area contributed by atoms with E-state index < -0.39 is 0 Å². The largest absolute Gasteiger partial charge is 0.328 e. The van der Waals surface area contributed by atoms with Crippen molar-refractivity contribution in [2.45, 2.75) is 6.54 Å². The molecule has 1 aliphatic heterocycles. The molecule has 24 heavy (non-hydrogen) atoms. The van der Waals surface area contributed by atoms with Crippen molar-refractivity contribution in [1.82, 2.24) is 5.01 Å². The van der Waals surface area contributed by atoms with Gasteiger partial charge in [-0.15, -0.1) is 0 Å². The number of hydrazone groups is 1. The van der Waals surface area contributed by atoms with Crippen LogP contribution in [0.2, 0.25) is 15.1 Å². The van der Waals surface area contributed by atoms with Crippen molar-refractivity contribution < 1.29 is 4.90 Å². The summed E-state index contributed by atoms with van der Waals surface area (Å²) in [5.74, 6) is 0. The third-order valence-corrected chi connectivity index (χ3v) is 5.10. The lowest BCUT2D eigenvalue weighted by molar-refractivity contribution is -0.918. The number of nitrogens with one attached hydrogen (secondary N) is 1. The van der Waals surface area contributed by atoms with Gasteiger partial charge in [-0.05, 0) is 18.2 Å². The van der Waals surface area contributed by atoms with Crippen LogP contribution in [0.15, 0.2) is 47.6 Å². The number of quaternary nitrogens is 1. The third kappa shape index (κ3) is 4.64. The Hall–Kier alpha value is -1.26. The summed E-state index contributed by atoms with van der Waals surface area (Å²) < 4.78 is 0. The quantitative estimate of drug-likeness (QED) is 0.802. The van der Waals surface area contributed by atoms with E-state index in [1.807, 2.05) is 30.3 Å². The van der Waals surface area contributed by atoms with Gasteiger partial charge in [0.2, 0.25) is 0 Å². The lowest BCUT2D eigenvalue weighted by Gasteiger charge is -2.30. The zero-order chi connectivity index (χ0) is 16.9. The molecule has 1 heterocycles. The second-order valence-corrected chi connectivity index (χ2v) is 7.13. The molecule has 0 radical (unpaired) electrons. The van der Waals surface area contributed by atoms with Gasteiger partial charge in [0.1, 0.15) is 6.54 Å². The normalized spacial score (nSPS) is 16.0. The first-order valence-electron chi connectivity index (χ1n) is 7.93. The lowest BCUT2D eigenvalue weighted by atomic mass is 10.2. The molecule has 3 nitrogen and oxygen atoms in total. The highest BCUT2D eigenvalue weighted by Gasteiger charge is 2.19. The molecule has 0 saturated carbocycles. The number of hydrogen-bond donors (Lipinski definition) is 1. The van der Waals surface area contributed by atoms with E-state index in [1.54, 1.807) is 12.3 Å². The van der Waals surface area contributed by atoms with E-state index in [0.29, 0.717) is 10.0 Å². The van der Waals surface area contributed by atoms with Crippen LogP contribution in [0, 0.1) is 0 Å². The van der Waals surface area contributed by atoms with Gasteiger partial charge in [0.25, 0.3) is 0 Å². The van der Waals surface area contributed by atoms with Crippen molar-refractivity contribution in [1.29, 1.82) is 0 Å². The summed E-state index contributed by atoms with van der Waals surface area (Å²) in [7, 11) is 0. The Morgan fingerprint density at radius 3 is 2.46 bits per heavy atom. The van der Waals surface area contributed by atoms with Crippen LogP contribution in [0.5, 0.6) is 0 Å². The first-order valence-corrected chi connectivity index (χ1v) is 9.06.